The summed E-state index contributed by atoms with van der Waals surface area (Å²) in [5, 5.41) is 0. The maximum atomic E-state index is 13.8. The quantitative estimate of drug-likeness (QED) is 0.484. The number of carbonyl (C=O) groups excluding carboxylic acids is 1. The van der Waals surface area contributed by atoms with E-state index >= 15 is 0 Å². The molecule has 3 aliphatic heterocycles. The number of nitrogens with zero attached hydrogens (tertiary/aromatic N) is 3. The van der Waals surface area contributed by atoms with E-state index in [1.165, 1.54) is 29.9 Å². The lowest BCUT2D eigenvalue weighted by atomic mass is 9.95. The Labute approximate surface area is 217 Å². The standard InChI is InChI=1S/C28H27N3O5S/c1-3-34-27(33)24-17(2)29-28-31(25(24)19-8-11-21-22(15-19)36-16-35-21)26(32)23(37-28)14-18-6-9-20(10-7-18)30-12-4-5-13-30/h6-11,14-15,25H,3-5,12-13,16H2,1-2H3/b23-14+/t25-/m1/s1. The Hall–Kier alpha value is -3.85. The normalized spacial score (nSPS) is 18.7. The fourth-order valence-electron chi connectivity index (χ4n) is 5.10. The molecule has 0 saturated carbocycles. The average molecular weight is 518 g/mol. The number of benzene rings is 2. The summed E-state index contributed by atoms with van der Waals surface area (Å²) in [6.45, 7) is 6.06. The molecule has 1 fully saturated rings. The summed E-state index contributed by atoms with van der Waals surface area (Å²) in [5.41, 5.74) is 3.54. The molecule has 1 aromatic heterocycles. The molecule has 0 radical (unpaired) electrons. The van der Waals surface area contributed by atoms with Gasteiger partial charge in [-0.1, -0.05) is 29.5 Å². The molecule has 37 heavy (non-hydrogen) atoms. The number of ether oxygens (including phenoxy) is 3. The first-order valence-electron chi connectivity index (χ1n) is 12.5. The number of fused-ring (bicyclic) bond motifs is 2. The van der Waals surface area contributed by atoms with Crippen molar-refractivity contribution in [2.75, 3.05) is 31.4 Å². The zero-order chi connectivity index (χ0) is 25.5. The molecule has 9 heteroatoms. The van der Waals surface area contributed by atoms with E-state index in [4.69, 9.17) is 14.2 Å². The predicted octanol–water partition coefficient (Wildman–Crippen LogP) is 3.13. The molecular formula is C28H27N3O5S. The van der Waals surface area contributed by atoms with E-state index in [9.17, 15) is 9.59 Å². The van der Waals surface area contributed by atoms with Crippen molar-refractivity contribution in [2.24, 2.45) is 4.99 Å². The largest absolute Gasteiger partial charge is 0.463 e. The number of allylic oxidation sites excluding steroid dienone is 1. The molecular weight excluding hydrogens is 490 g/mol. The Morgan fingerprint density at radius 2 is 1.89 bits per heavy atom. The van der Waals surface area contributed by atoms with Gasteiger partial charge < -0.3 is 19.1 Å². The van der Waals surface area contributed by atoms with Crippen molar-refractivity contribution in [3.05, 3.63) is 84.5 Å². The van der Waals surface area contributed by atoms with E-state index < -0.39 is 12.0 Å². The van der Waals surface area contributed by atoms with Crippen LogP contribution in [0.15, 0.2) is 63.5 Å². The van der Waals surface area contributed by atoms with Gasteiger partial charge in [-0.3, -0.25) is 9.36 Å². The lowest BCUT2D eigenvalue weighted by molar-refractivity contribution is -0.139. The highest BCUT2D eigenvalue weighted by Gasteiger charge is 2.34. The van der Waals surface area contributed by atoms with Gasteiger partial charge in [0.2, 0.25) is 6.79 Å². The van der Waals surface area contributed by atoms with Crippen molar-refractivity contribution in [3.63, 3.8) is 0 Å². The van der Waals surface area contributed by atoms with Crippen LogP contribution in [-0.4, -0.2) is 37.0 Å². The number of hydrogen-bond acceptors (Lipinski definition) is 8. The van der Waals surface area contributed by atoms with Crippen LogP contribution in [0.3, 0.4) is 0 Å². The van der Waals surface area contributed by atoms with Crippen molar-refractivity contribution in [3.8, 4) is 11.5 Å². The van der Waals surface area contributed by atoms with Gasteiger partial charge in [0.1, 0.15) is 0 Å². The third-order valence-electron chi connectivity index (χ3n) is 6.89. The van der Waals surface area contributed by atoms with Crippen LogP contribution in [-0.2, 0) is 9.53 Å². The molecule has 0 spiro atoms. The molecule has 4 heterocycles. The number of hydrogen-bond donors (Lipinski definition) is 0. The van der Waals surface area contributed by atoms with E-state index in [-0.39, 0.29) is 19.0 Å². The number of aromatic nitrogens is 1. The lowest BCUT2D eigenvalue weighted by Crippen LogP contribution is -2.39. The second-order valence-electron chi connectivity index (χ2n) is 9.20. The topological polar surface area (TPSA) is 82.4 Å². The van der Waals surface area contributed by atoms with Gasteiger partial charge in [-0.15, -0.1) is 0 Å². The number of anilines is 1. The predicted molar refractivity (Wildman–Crippen MR) is 141 cm³/mol. The summed E-state index contributed by atoms with van der Waals surface area (Å²) in [6, 6.07) is 13.1. The molecule has 0 bridgehead atoms. The Kier molecular flexibility index (Phi) is 6.08. The highest BCUT2D eigenvalue weighted by molar-refractivity contribution is 7.07. The summed E-state index contributed by atoms with van der Waals surface area (Å²) in [7, 11) is 0. The maximum absolute atomic E-state index is 13.8. The van der Waals surface area contributed by atoms with Gasteiger partial charge in [0.05, 0.1) is 28.5 Å². The fraction of sp³-hybridized carbons (Fsp3) is 0.321. The highest BCUT2D eigenvalue weighted by Crippen LogP contribution is 2.38. The first-order chi connectivity index (χ1) is 18.0. The molecule has 0 N–H and O–H groups in total. The Morgan fingerprint density at radius 3 is 2.65 bits per heavy atom. The molecule has 0 aliphatic carbocycles. The molecule has 190 valence electrons. The Morgan fingerprint density at radius 1 is 1.14 bits per heavy atom. The van der Waals surface area contributed by atoms with Crippen LogP contribution >= 0.6 is 11.3 Å². The summed E-state index contributed by atoms with van der Waals surface area (Å²) < 4.78 is 18.5. The van der Waals surface area contributed by atoms with Gasteiger partial charge >= 0.3 is 5.97 Å². The summed E-state index contributed by atoms with van der Waals surface area (Å²) >= 11 is 1.32. The van der Waals surface area contributed by atoms with E-state index in [0.717, 1.165) is 24.2 Å². The molecule has 3 aliphatic rings. The fourth-order valence-corrected chi connectivity index (χ4v) is 6.14. The minimum absolute atomic E-state index is 0.137. The summed E-state index contributed by atoms with van der Waals surface area (Å²) in [5.74, 6) is 0.723. The van der Waals surface area contributed by atoms with Gasteiger partial charge in [0.15, 0.2) is 16.3 Å². The third-order valence-corrected chi connectivity index (χ3v) is 7.87. The van der Waals surface area contributed by atoms with Gasteiger partial charge in [0, 0.05) is 18.8 Å². The van der Waals surface area contributed by atoms with E-state index in [1.54, 1.807) is 24.5 Å². The molecule has 3 aromatic rings. The van der Waals surface area contributed by atoms with Crippen molar-refractivity contribution in [1.29, 1.82) is 0 Å². The van der Waals surface area contributed by atoms with Crippen molar-refractivity contribution < 1.29 is 19.0 Å². The van der Waals surface area contributed by atoms with E-state index in [1.807, 2.05) is 30.3 Å². The monoisotopic (exact) mass is 517 g/mol. The van der Waals surface area contributed by atoms with Crippen LogP contribution in [0.5, 0.6) is 11.5 Å². The molecule has 2 aromatic carbocycles. The van der Waals surface area contributed by atoms with Crippen molar-refractivity contribution in [1.82, 2.24) is 4.57 Å². The van der Waals surface area contributed by atoms with Gasteiger partial charge in [-0.2, -0.15) is 0 Å². The number of carbonyl (C=O) groups is 1. The molecule has 0 unspecified atom stereocenters. The minimum atomic E-state index is -0.690. The Bertz CT molecular complexity index is 1580. The highest BCUT2D eigenvalue weighted by atomic mass is 32.1. The minimum Gasteiger partial charge on any atom is -0.463 e. The van der Waals surface area contributed by atoms with Crippen LogP contribution in [0.1, 0.15) is 43.9 Å². The van der Waals surface area contributed by atoms with Crippen LogP contribution in [0, 0.1) is 0 Å². The second-order valence-corrected chi connectivity index (χ2v) is 10.2. The van der Waals surface area contributed by atoms with Crippen molar-refractivity contribution in [2.45, 2.75) is 32.7 Å². The first kappa shape index (κ1) is 23.5. The molecule has 8 nitrogen and oxygen atoms in total. The van der Waals surface area contributed by atoms with Crippen LogP contribution in [0.4, 0.5) is 5.69 Å². The van der Waals surface area contributed by atoms with Crippen LogP contribution < -0.4 is 29.3 Å². The summed E-state index contributed by atoms with van der Waals surface area (Å²) in [4.78, 5) is 34.4. The lowest BCUT2D eigenvalue weighted by Gasteiger charge is -2.24. The van der Waals surface area contributed by atoms with Gasteiger partial charge in [-0.25, -0.2) is 9.79 Å². The van der Waals surface area contributed by atoms with Crippen LogP contribution in [0.2, 0.25) is 0 Å². The summed E-state index contributed by atoms with van der Waals surface area (Å²) in [6.07, 6.45) is 4.33. The van der Waals surface area contributed by atoms with Crippen molar-refractivity contribution >= 4 is 29.1 Å². The number of rotatable bonds is 5. The van der Waals surface area contributed by atoms with E-state index in [2.05, 4.69) is 22.0 Å². The average Bonchev–Trinajstić information content (AvgIpc) is 3.65. The zero-order valence-electron chi connectivity index (χ0n) is 20.7. The van der Waals surface area contributed by atoms with E-state index in [0.29, 0.717) is 32.1 Å². The SMILES string of the molecule is CCOC(=O)C1=C(C)N=c2s/c(=C/c3ccc(N4CCCC4)cc3)c(=O)n2[C@@H]1c1ccc2c(c1)OCO2. The number of esters is 1. The third kappa shape index (κ3) is 4.23. The molecule has 1 saturated heterocycles. The Balaban J connectivity index is 1.45. The zero-order valence-corrected chi connectivity index (χ0v) is 21.5. The van der Waals surface area contributed by atoms with Gasteiger partial charge in [0.25, 0.3) is 5.56 Å². The molecule has 6 rings (SSSR count). The number of thiazole rings is 1. The molecule has 0 amide bonds. The molecule has 1 atom stereocenters. The first-order valence-corrected chi connectivity index (χ1v) is 13.3. The van der Waals surface area contributed by atoms with Crippen LogP contribution in [0.25, 0.3) is 6.08 Å². The maximum Gasteiger partial charge on any atom is 0.338 e. The van der Waals surface area contributed by atoms with Gasteiger partial charge in [-0.05, 0) is 68.2 Å². The second kappa shape index (κ2) is 9.55. The smallest absolute Gasteiger partial charge is 0.338 e.